The predicted octanol–water partition coefficient (Wildman–Crippen LogP) is 2.38. The van der Waals surface area contributed by atoms with Crippen molar-refractivity contribution in [2.45, 2.75) is 10.1 Å². The number of nitrogens with one attached hydrogen (secondary N) is 1. The van der Waals surface area contributed by atoms with E-state index in [1.807, 2.05) is 0 Å². The number of carbonyl (C=O) groups is 1. The van der Waals surface area contributed by atoms with E-state index in [2.05, 4.69) is 22.1 Å². The van der Waals surface area contributed by atoms with E-state index in [1.54, 1.807) is 18.2 Å². The highest BCUT2D eigenvalue weighted by molar-refractivity contribution is 7.89. The highest BCUT2D eigenvalue weighted by Gasteiger charge is 2.20. The van der Waals surface area contributed by atoms with Crippen LogP contribution in [-0.2, 0) is 14.8 Å². The lowest BCUT2D eigenvalue weighted by molar-refractivity contribution is -0.139. The van der Waals surface area contributed by atoms with Gasteiger partial charge in [0.2, 0.25) is 10.0 Å². The largest absolute Gasteiger partial charge is 0.479 e. The van der Waals surface area contributed by atoms with Crippen LogP contribution < -0.4 is 9.46 Å². The van der Waals surface area contributed by atoms with Gasteiger partial charge in [-0.2, -0.15) is 12.6 Å². The summed E-state index contributed by atoms with van der Waals surface area (Å²) < 4.78 is 59.0. The van der Waals surface area contributed by atoms with Crippen molar-refractivity contribution in [3.05, 3.63) is 59.7 Å². The van der Waals surface area contributed by atoms with Gasteiger partial charge >= 0.3 is 5.97 Å². The van der Waals surface area contributed by atoms with Crippen LogP contribution in [0.15, 0.2) is 47.4 Å². The average molecular weight is 403 g/mol. The highest BCUT2D eigenvalue weighted by atomic mass is 32.2. The van der Waals surface area contributed by atoms with Crippen molar-refractivity contribution in [1.82, 2.24) is 4.72 Å². The topological polar surface area (TPSA) is 92.7 Å². The predicted molar refractivity (Wildman–Crippen MR) is 92.8 cm³/mol. The van der Waals surface area contributed by atoms with E-state index in [0.717, 1.165) is 12.1 Å². The summed E-state index contributed by atoms with van der Waals surface area (Å²) in [6.07, 6.45) is 0. The first kappa shape index (κ1) is 20.1. The molecule has 0 heterocycles. The van der Waals surface area contributed by atoms with E-state index in [0.29, 0.717) is 0 Å². The van der Waals surface area contributed by atoms with Gasteiger partial charge in [0, 0.05) is 11.8 Å². The van der Waals surface area contributed by atoms with Crippen molar-refractivity contribution in [3.63, 3.8) is 0 Å². The van der Waals surface area contributed by atoms with Crippen molar-refractivity contribution in [2.24, 2.45) is 0 Å². The Bertz CT molecular complexity index is 868. The summed E-state index contributed by atoms with van der Waals surface area (Å²) in [6.45, 7) is -1.11. The zero-order valence-corrected chi connectivity index (χ0v) is 14.9. The summed E-state index contributed by atoms with van der Waals surface area (Å²) in [5.74, 6) is -4.41. The van der Waals surface area contributed by atoms with Crippen LogP contribution in [0, 0.1) is 11.6 Å². The third-order valence-electron chi connectivity index (χ3n) is 3.27. The molecule has 0 aliphatic rings. The van der Waals surface area contributed by atoms with Crippen LogP contribution in [0.25, 0.3) is 0 Å². The van der Waals surface area contributed by atoms with Gasteiger partial charge in [-0.15, -0.1) is 0 Å². The maximum Gasteiger partial charge on any atom is 0.341 e. The molecule has 2 aromatic carbocycles. The Morgan fingerprint density at radius 1 is 1.19 bits per heavy atom. The molecule has 0 aromatic heterocycles. The summed E-state index contributed by atoms with van der Waals surface area (Å²) in [6, 6.07) is 9.43. The molecule has 0 saturated carbocycles. The molecular formula is C16H15F2NO5S2. The van der Waals surface area contributed by atoms with E-state index in [9.17, 15) is 22.0 Å². The maximum absolute atomic E-state index is 13.9. The number of carboxylic acids is 1. The van der Waals surface area contributed by atoms with Crippen molar-refractivity contribution in [2.75, 3.05) is 13.2 Å². The Labute approximate surface area is 154 Å². The average Bonchev–Trinajstić information content (AvgIpc) is 2.59. The summed E-state index contributed by atoms with van der Waals surface area (Å²) >= 11 is 4.16. The molecule has 0 spiro atoms. The van der Waals surface area contributed by atoms with E-state index in [1.165, 1.54) is 12.1 Å². The van der Waals surface area contributed by atoms with Crippen LogP contribution in [0.5, 0.6) is 5.75 Å². The van der Waals surface area contributed by atoms with Crippen LogP contribution in [-0.4, -0.2) is 32.6 Å². The quantitative estimate of drug-likeness (QED) is 0.589. The van der Waals surface area contributed by atoms with Crippen LogP contribution in [0.2, 0.25) is 0 Å². The Morgan fingerprint density at radius 3 is 2.31 bits per heavy atom. The fourth-order valence-corrected chi connectivity index (χ4v) is 3.47. The number of aliphatic carboxylic acids is 1. The molecule has 0 amide bonds. The smallest absolute Gasteiger partial charge is 0.341 e. The van der Waals surface area contributed by atoms with E-state index in [-0.39, 0.29) is 17.0 Å². The SMILES string of the molecule is O=C(O)COc1c(F)cc(C(S)CNS(=O)(=O)c2ccccc2)cc1F. The van der Waals surface area contributed by atoms with Crippen molar-refractivity contribution >= 4 is 28.6 Å². The first-order valence-corrected chi connectivity index (χ1v) is 9.27. The van der Waals surface area contributed by atoms with Gasteiger partial charge < -0.3 is 9.84 Å². The highest BCUT2D eigenvalue weighted by Crippen LogP contribution is 2.28. The Kier molecular flexibility index (Phi) is 6.57. The van der Waals surface area contributed by atoms with Crippen molar-refractivity contribution in [3.8, 4) is 5.75 Å². The van der Waals surface area contributed by atoms with Gasteiger partial charge in [0.1, 0.15) is 0 Å². The van der Waals surface area contributed by atoms with Gasteiger partial charge in [-0.3, -0.25) is 0 Å². The lowest BCUT2D eigenvalue weighted by Gasteiger charge is -2.15. The number of ether oxygens (including phenoxy) is 1. The lowest BCUT2D eigenvalue weighted by atomic mass is 10.1. The molecule has 1 unspecified atom stereocenters. The Morgan fingerprint density at radius 2 is 1.77 bits per heavy atom. The molecule has 2 rings (SSSR count). The summed E-state index contributed by atoms with van der Waals surface area (Å²) in [5.41, 5.74) is 0.0711. The molecule has 1 atom stereocenters. The molecule has 6 nitrogen and oxygen atoms in total. The zero-order valence-electron chi connectivity index (χ0n) is 13.2. The third kappa shape index (κ3) is 5.16. The molecule has 0 aliphatic heterocycles. The summed E-state index contributed by atoms with van der Waals surface area (Å²) in [4.78, 5) is 10.5. The van der Waals surface area contributed by atoms with Crippen LogP contribution in [0.3, 0.4) is 0 Å². The molecule has 0 bridgehead atoms. The number of sulfonamides is 1. The first-order chi connectivity index (χ1) is 12.2. The van der Waals surface area contributed by atoms with Crippen molar-refractivity contribution in [1.29, 1.82) is 0 Å². The molecule has 26 heavy (non-hydrogen) atoms. The van der Waals surface area contributed by atoms with E-state index in [4.69, 9.17) is 5.11 Å². The van der Waals surface area contributed by atoms with Gasteiger partial charge in [0.25, 0.3) is 0 Å². The number of benzene rings is 2. The number of hydrogen-bond donors (Lipinski definition) is 3. The van der Waals surface area contributed by atoms with E-state index >= 15 is 0 Å². The number of thiol groups is 1. The monoisotopic (exact) mass is 403 g/mol. The minimum Gasteiger partial charge on any atom is -0.479 e. The normalized spacial score (nSPS) is 12.6. The first-order valence-electron chi connectivity index (χ1n) is 7.27. The molecule has 0 aliphatic carbocycles. The second-order valence-electron chi connectivity index (χ2n) is 5.18. The Hall–Kier alpha value is -2.17. The fourth-order valence-electron chi connectivity index (χ4n) is 2.03. The maximum atomic E-state index is 13.9. The molecule has 2 aromatic rings. The van der Waals surface area contributed by atoms with Gasteiger partial charge in [-0.25, -0.2) is 26.7 Å². The zero-order chi connectivity index (χ0) is 19.3. The molecule has 10 heteroatoms. The molecule has 0 fully saturated rings. The lowest BCUT2D eigenvalue weighted by Crippen LogP contribution is -2.27. The van der Waals surface area contributed by atoms with E-state index < -0.39 is 45.2 Å². The van der Waals surface area contributed by atoms with Crippen molar-refractivity contribution < 1.29 is 31.8 Å². The second-order valence-corrected chi connectivity index (χ2v) is 7.57. The van der Waals surface area contributed by atoms with Crippen LogP contribution >= 0.6 is 12.6 Å². The minimum absolute atomic E-state index is 0.0512. The number of hydrogen-bond acceptors (Lipinski definition) is 5. The fraction of sp³-hybridized carbons (Fsp3) is 0.188. The molecular weight excluding hydrogens is 388 g/mol. The van der Waals surface area contributed by atoms with Gasteiger partial charge in [-0.05, 0) is 29.8 Å². The molecule has 2 N–H and O–H groups in total. The number of rotatable bonds is 8. The van der Waals surface area contributed by atoms with Gasteiger partial charge in [-0.1, -0.05) is 18.2 Å². The van der Waals surface area contributed by atoms with Gasteiger partial charge in [0.15, 0.2) is 24.0 Å². The van der Waals surface area contributed by atoms with Crippen LogP contribution in [0.4, 0.5) is 8.78 Å². The standard InChI is InChI=1S/C16H15F2NO5S2/c17-12-6-10(7-13(18)16(12)24-9-15(20)21)14(25)8-19-26(22,23)11-4-2-1-3-5-11/h1-7,14,19,25H,8-9H2,(H,20,21). The molecule has 0 radical (unpaired) electrons. The summed E-state index contributed by atoms with van der Waals surface area (Å²) in [5, 5.41) is 7.65. The molecule has 140 valence electrons. The van der Waals surface area contributed by atoms with Crippen LogP contribution in [0.1, 0.15) is 10.8 Å². The number of carboxylic acid groups (broad SMARTS) is 1. The molecule has 0 saturated heterocycles. The second kappa shape index (κ2) is 8.47. The third-order valence-corrected chi connectivity index (χ3v) is 5.19. The summed E-state index contributed by atoms with van der Waals surface area (Å²) in [7, 11) is -3.79. The van der Waals surface area contributed by atoms with Gasteiger partial charge in [0.05, 0.1) is 4.90 Å². The Balaban J connectivity index is 2.10. The minimum atomic E-state index is -3.79. The number of halogens is 2.